The Morgan fingerprint density at radius 3 is 2.43 bits per heavy atom. The number of aromatic hydroxyl groups is 1. The van der Waals surface area contributed by atoms with Crippen molar-refractivity contribution in [2.75, 3.05) is 5.75 Å². The van der Waals surface area contributed by atoms with E-state index in [1.807, 2.05) is 30.3 Å². The molecule has 0 spiro atoms. The van der Waals surface area contributed by atoms with E-state index in [-0.39, 0.29) is 17.5 Å². The Labute approximate surface area is 168 Å². The lowest BCUT2D eigenvalue weighted by molar-refractivity contribution is -0.0487. The Kier molecular flexibility index (Phi) is 7.00. The van der Waals surface area contributed by atoms with Crippen molar-refractivity contribution in [1.29, 1.82) is 0 Å². The highest BCUT2D eigenvalue weighted by atomic mass is 32.2. The van der Waals surface area contributed by atoms with Gasteiger partial charge in [-0.15, -0.1) is 16.9 Å². The van der Waals surface area contributed by atoms with Crippen molar-refractivity contribution in [2.45, 2.75) is 31.2 Å². The van der Waals surface area contributed by atoms with Crippen LogP contribution in [0.15, 0.2) is 69.7 Å². The zero-order valence-electron chi connectivity index (χ0n) is 15.6. The molecule has 6 nitrogen and oxygen atoms in total. The molecule has 0 saturated heterocycles. The fourth-order valence-corrected chi connectivity index (χ4v) is 3.95. The van der Waals surface area contributed by atoms with Gasteiger partial charge in [-0.1, -0.05) is 49.7 Å². The van der Waals surface area contributed by atoms with Gasteiger partial charge in [-0.05, 0) is 41.3 Å². The maximum atomic E-state index is 10.7. The molecule has 7 heteroatoms. The highest BCUT2D eigenvalue weighted by molar-refractivity contribution is 7.99. The zero-order valence-corrected chi connectivity index (χ0v) is 16.4. The van der Waals surface area contributed by atoms with Crippen LogP contribution < -0.4 is 0 Å². The van der Waals surface area contributed by atoms with Crippen LogP contribution in [-0.4, -0.2) is 21.3 Å². The van der Waals surface area contributed by atoms with Gasteiger partial charge in [0, 0.05) is 16.8 Å². The molecule has 0 aliphatic carbocycles. The first-order valence-electron chi connectivity index (χ1n) is 9.10. The molecule has 0 bridgehead atoms. The number of hydroxylamine groups is 2. The van der Waals surface area contributed by atoms with E-state index >= 15 is 0 Å². The predicted molar refractivity (Wildman–Crippen MR) is 113 cm³/mol. The molecule has 0 aliphatic rings. The second-order valence-electron chi connectivity index (χ2n) is 6.37. The molecule has 3 aromatic carbocycles. The van der Waals surface area contributed by atoms with Crippen LogP contribution >= 0.6 is 11.8 Å². The molecule has 0 aromatic heterocycles. The summed E-state index contributed by atoms with van der Waals surface area (Å²) in [5.74, 6) is 1.11. The number of fused-ring (bicyclic) bond motifs is 1. The molecular weight excluding hydrogens is 374 g/mol. The van der Waals surface area contributed by atoms with Gasteiger partial charge in [-0.25, -0.2) is 0 Å². The molecule has 146 valence electrons. The summed E-state index contributed by atoms with van der Waals surface area (Å²) >= 11 is 1.76. The van der Waals surface area contributed by atoms with Gasteiger partial charge in [0.05, 0.1) is 5.69 Å². The maximum Gasteiger partial charge on any atom is 0.150 e. The van der Waals surface area contributed by atoms with Crippen LogP contribution in [0, 0.1) is 5.21 Å². The Balaban J connectivity index is 1.89. The van der Waals surface area contributed by atoms with Gasteiger partial charge in [0.1, 0.15) is 5.69 Å². The van der Waals surface area contributed by atoms with Crippen LogP contribution in [0.3, 0.4) is 0 Å². The molecule has 0 atom stereocenters. The number of phenolic OH excluding ortho intramolecular Hbond substituents is 1. The number of benzene rings is 3. The number of unbranched alkanes of at least 4 members (excludes halogenated alkanes) is 1. The molecule has 0 fully saturated rings. The fraction of sp³-hybridized carbons (Fsp3) is 0.238. The highest BCUT2D eigenvalue weighted by Gasteiger charge is 2.11. The van der Waals surface area contributed by atoms with Gasteiger partial charge >= 0.3 is 0 Å². The second kappa shape index (κ2) is 9.66. The van der Waals surface area contributed by atoms with Crippen molar-refractivity contribution in [3.05, 3.63) is 65.4 Å². The summed E-state index contributed by atoms with van der Waals surface area (Å²) in [5.41, 5.74) is 1.68. The van der Waals surface area contributed by atoms with E-state index < -0.39 is 0 Å². The minimum atomic E-state index is -0.124. The van der Waals surface area contributed by atoms with E-state index in [0.717, 1.165) is 34.3 Å². The Hall–Kier alpha value is -2.45. The second-order valence-corrected chi connectivity index (χ2v) is 7.50. The number of hydrogen-bond acceptors (Lipinski definition) is 7. The van der Waals surface area contributed by atoms with Crippen molar-refractivity contribution < 1.29 is 10.3 Å². The monoisotopic (exact) mass is 396 g/mol. The first kappa shape index (κ1) is 20.3. The molecule has 0 unspecified atom stereocenters. The first-order valence-corrected chi connectivity index (χ1v) is 10.1. The third-order valence-electron chi connectivity index (χ3n) is 4.24. The first-order chi connectivity index (χ1) is 13.6. The van der Waals surface area contributed by atoms with E-state index in [9.17, 15) is 10.3 Å². The van der Waals surface area contributed by atoms with E-state index in [1.165, 1.54) is 0 Å². The Morgan fingerprint density at radius 1 is 1.04 bits per heavy atom. The topological polar surface area (TPSA) is 91.5 Å². The number of phenols is 1. The number of thioether (sulfide) groups is 1. The molecule has 0 aliphatic heterocycles. The van der Waals surface area contributed by atoms with Crippen LogP contribution in [0.4, 0.5) is 11.4 Å². The molecule has 0 radical (unpaired) electrons. The SMILES string of the molecule is CCCCSc1cc(N=Nc2ccc(CN([O-])O)cc2)c(O)c2ccccc12. The van der Waals surface area contributed by atoms with Gasteiger partial charge in [0.2, 0.25) is 0 Å². The summed E-state index contributed by atoms with van der Waals surface area (Å²) in [6.45, 7) is 2.05. The smallest absolute Gasteiger partial charge is 0.150 e. The largest absolute Gasteiger partial charge is 0.762 e. The third-order valence-corrected chi connectivity index (χ3v) is 5.38. The van der Waals surface area contributed by atoms with Crippen LogP contribution in [-0.2, 0) is 6.54 Å². The van der Waals surface area contributed by atoms with Gasteiger partial charge in [0.15, 0.2) is 5.75 Å². The summed E-state index contributed by atoms with van der Waals surface area (Å²) in [6, 6.07) is 16.4. The van der Waals surface area contributed by atoms with Crippen molar-refractivity contribution in [3.63, 3.8) is 0 Å². The van der Waals surface area contributed by atoms with Crippen molar-refractivity contribution in [3.8, 4) is 5.75 Å². The van der Waals surface area contributed by atoms with Crippen molar-refractivity contribution in [1.82, 2.24) is 5.23 Å². The highest BCUT2D eigenvalue weighted by Crippen LogP contribution is 2.41. The number of hydrogen-bond donors (Lipinski definition) is 2. The van der Waals surface area contributed by atoms with Crippen LogP contribution in [0.25, 0.3) is 10.8 Å². The van der Waals surface area contributed by atoms with E-state index in [0.29, 0.717) is 16.9 Å². The van der Waals surface area contributed by atoms with Crippen molar-refractivity contribution in [2.24, 2.45) is 10.2 Å². The van der Waals surface area contributed by atoms with E-state index in [2.05, 4.69) is 17.2 Å². The van der Waals surface area contributed by atoms with Gasteiger partial charge in [0.25, 0.3) is 0 Å². The predicted octanol–water partition coefficient (Wildman–Crippen LogP) is 6.54. The quantitative estimate of drug-likeness (QED) is 0.195. The third kappa shape index (κ3) is 5.08. The van der Waals surface area contributed by atoms with Crippen LogP contribution in [0.1, 0.15) is 25.3 Å². The maximum absolute atomic E-state index is 10.7. The van der Waals surface area contributed by atoms with Gasteiger partial charge in [-0.2, -0.15) is 5.11 Å². The molecule has 2 N–H and O–H groups in total. The van der Waals surface area contributed by atoms with Gasteiger partial charge in [-0.3, -0.25) is 5.23 Å². The number of nitrogens with zero attached hydrogens (tertiary/aromatic N) is 3. The molecule has 3 aromatic rings. The Morgan fingerprint density at radius 2 is 1.75 bits per heavy atom. The molecule has 0 amide bonds. The Bertz CT molecular complexity index is 959. The fourth-order valence-electron chi connectivity index (χ4n) is 2.77. The zero-order chi connectivity index (χ0) is 19.9. The molecule has 0 saturated carbocycles. The number of azo groups is 1. The summed E-state index contributed by atoms with van der Waals surface area (Å²) in [5, 5.41) is 40.2. The average molecular weight is 396 g/mol. The number of rotatable bonds is 8. The lowest BCUT2D eigenvalue weighted by atomic mass is 10.1. The summed E-state index contributed by atoms with van der Waals surface area (Å²) in [7, 11) is 0. The lowest BCUT2D eigenvalue weighted by Crippen LogP contribution is -2.08. The minimum Gasteiger partial charge on any atom is -0.762 e. The molecule has 0 heterocycles. The van der Waals surface area contributed by atoms with Gasteiger partial charge < -0.3 is 15.5 Å². The van der Waals surface area contributed by atoms with Crippen LogP contribution in [0.2, 0.25) is 0 Å². The average Bonchev–Trinajstić information content (AvgIpc) is 2.70. The van der Waals surface area contributed by atoms with Crippen molar-refractivity contribution >= 4 is 33.9 Å². The normalized spacial score (nSPS) is 11.7. The minimum absolute atomic E-state index is 0.109. The standard InChI is InChI=1S/C21H22N3O3S/c1-2-3-12-28-20-13-19(21(25)18-7-5-4-6-17(18)20)23-22-16-10-8-15(9-11-16)14-24(26)27/h4-11,13,25-26H,2-3,12,14H2,1H3/q-1. The van der Waals surface area contributed by atoms with E-state index in [1.54, 1.807) is 36.0 Å². The lowest BCUT2D eigenvalue weighted by Gasteiger charge is -2.18. The molecule has 28 heavy (non-hydrogen) atoms. The molecule has 3 rings (SSSR count). The van der Waals surface area contributed by atoms with Crippen LogP contribution in [0.5, 0.6) is 5.75 Å². The summed E-state index contributed by atoms with van der Waals surface area (Å²) < 4.78 is 0. The summed E-state index contributed by atoms with van der Waals surface area (Å²) in [6.07, 6.45) is 2.25. The summed E-state index contributed by atoms with van der Waals surface area (Å²) in [4.78, 5) is 1.07. The molecular formula is C21H22N3O3S-. The van der Waals surface area contributed by atoms with E-state index in [4.69, 9.17) is 5.21 Å².